The van der Waals surface area contributed by atoms with Crippen molar-refractivity contribution < 1.29 is 9.53 Å². The number of hydrogen-bond acceptors (Lipinski definition) is 3. The van der Waals surface area contributed by atoms with E-state index in [0.29, 0.717) is 6.04 Å². The van der Waals surface area contributed by atoms with E-state index in [1.54, 1.807) is 26.1 Å². The highest BCUT2D eigenvalue weighted by Crippen LogP contribution is 2.32. The zero-order valence-corrected chi connectivity index (χ0v) is 18.0. The Bertz CT molecular complexity index is 852. The molecule has 2 aromatic rings. The van der Waals surface area contributed by atoms with Crippen LogP contribution in [-0.4, -0.2) is 60.7 Å². The number of ether oxygens (including phenoxy) is 1. The third-order valence-electron chi connectivity index (χ3n) is 6.67. The number of carbonyl (C=O) groups excluding carboxylic acids is 1. The average Bonchev–Trinajstić information content (AvgIpc) is 3.11. The summed E-state index contributed by atoms with van der Waals surface area (Å²) in [4.78, 5) is 16.0. The third kappa shape index (κ3) is 4.37. The Morgan fingerprint density at radius 1 is 1.21 bits per heavy atom. The maximum absolute atomic E-state index is 11.8. The Hall–Kier alpha value is -2.21. The van der Waals surface area contributed by atoms with Gasteiger partial charge in [0, 0.05) is 50.9 Å². The average molecular weight is 399 g/mol. The summed E-state index contributed by atoms with van der Waals surface area (Å²) in [6.45, 7) is 4.35. The molecule has 2 amide bonds. The highest BCUT2D eigenvalue weighted by molar-refractivity contribution is 5.87. The van der Waals surface area contributed by atoms with Crippen LogP contribution < -0.4 is 10.1 Å². The van der Waals surface area contributed by atoms with E-state index in [-0.39, 0.29) is 6.03 Å². The van der Waals surface area contributed by atoms with Crippen molar-refractivity contribution in [3.05, 3.63) is 30.0 Å². The van der Waals surface area contributed by atoms with Crippen LogP contribution in [0.5, 0.6) is 5.75 Å². The lowest BCUT2D eigenvalue weighted by atomic mass is 9.84. The number of fused-ring (bicyclic) bond motifs is 3. The molecule has 6 heteroatoms. The maximum Gasteiger partial charge on any atom is 0.317 e. The van der Waals surface area contributed by atoms with Gasteiger partial charge in [-0.25, -0.2) is 4.79 Å². The van der Waals surface area contributed by atoms with E-state index in [2.05, 4.69) is 33.0 Å². The molecule has 1 fully saturated rings. The largest absolute Gasteiger partial charge is 0.496 e. The fourth-order valence-electron chi connectivity index (χ4n) is 4.89. The topological polar surface area (TPSA) is 49.7 Å². The van der Waals surface area contributed by atoms with Crippen LogP contribution in [-0.2, 0) is 13.1 Å². The Morgan fingerprint density at radius 2 is 2.00 bits per heavy atom. The first kappa shape index (κ1) is 20.1. The van der Waals surface area contributed by atoms with Crippen molar-refractivity contribution in [3.8, 4) is 5.75 Å². The summed E-state index contributed by atoms with van der Waals surface area (Å²) in [6, 6.07) is 9.01. The molecule has 0 atom stereocenters. The smallest absolute Gasteiger partial charge is 0.317 e. The van der Waals surface area contributed by atoms with Crippen LogP contribution in [0.25, 0.3) is 10.9 Å². The van der Waals surface area contributed by atoms with Gasteiger partial charge in [0.05, 0.1) is 12.6 Å². The predicted molar refractivity (Wildman–Crippen MR) is 116 cm³/mol. The number of nitrogens with zero attached hydrogens (tertiary/aromatic N) is 3. The zero-order valence-electron chi connectivity index (χ0n) is 18.0. The van der Waals surface area contributed by atoms with Crippen molar-refractivity contribution in [2.45, 2.75) is 51.2 Å². The molecule has 2 heterocycles. The van der Waals surface area contributed by atoms with Crippen molar-refractivity contribution in [1.82, 2.24) is 19.7 Å². The van der Waals surface area contributed by atoms with Gasteiger partial charge < -0.3 is 19.5 Å². The number of amides is 2. The quantitative estimate of drug-likeness (QED) is 0.836. The molecule has 0 spiro atoms. The number of urea groups is 1. The Kier molecular flexibility index (Phi) is 5.99. The minimum absolute atomic E-state index is 0.0359. The molecule has 29 heavy (non-hydrogen) atoms. The molecule has 1 aliphatic heterocycles. The number of benzene rings is 1. The first-order valence-electron chi connectivity index (χ1n) is 10.9. The maximum atomic E-state index is 11.8. The van der Waals surface area contributed by atoms with Gasteiger partial charge in [-0.15, -0.1) is 0 Å². The standard InChI is InChI=1S/C23H34N4O2/c1-25(2)23(28)24-18-9-7-17(8-10-18)11-12-26-13-14-27-19(16-26)15-20-21(27)5-4-6-22(20)29-3/h4-6,15,17-18H,7-14,16H2,1-3H3,(H,24,28)/t17-,18-. The second-order valence-electron chi connectivity index (χ2n) is 8.81. The van der Waals surface area contributed by atoms with E-state index in [1.165, 1.54) is 35.9 Å². The molecule has 0 unspecified atom stereocenters. The Morgan fingerprint density at radius 3 is 2.72 bits per heavy atom. The fraction of sp³-hybridized carbons (Fsp3) is 0.609. The van der Waals surface area contributed by atoms with Gasteiger partial charge in [-0.1, -0.05) is 6.07 Å². The van der Waals surface area contributed by atoms with Crippen molar-refractivity contribution in [2.24, 2.45) is 5.92 Å². The van der Waals surface area contributed by atoms with Crippen molar-refractivity contribution in [3.63, 3.8) is 0 Å². The fourth-order valence-corrected chi connectivity index (χ4v) is 4.89. The highest BCUT2D eigenvalue weighted by Gasteiger charge is 2.25. The number of nitrogens with one attached hydrogen (secondary N) is 1. The summed E-state index contributed by atoms with van der Waals surface area (Å²) in [7, 11) is 5.35. The van der Waals surface area contributed by atoms with E-state index < -0.39 is 0 Å². The summed E-state index contributed by atoms with van der Waals surface area (Å²) in [5, 5.41) is 4.37. The molecule has 1 aliphatic carbocycles. The van der Waals surface area contributed by atoms with E-state index >= 15 is 0 Å². The summed E-state index contributed by atoms with van der Waals surface area (Å²) in [5.74, 6) is 1.75. The van der Waals surface area contributed by atoms with Crippen LogP contribution in [0.3, 0.4) is 0 Å². The molecule has 2 aliphatic rings. The molecular weight excluding hydrogens is 364 g/mol. The van der Waals surface area contributed by atoms with E-state index in [4.69, 9.17) is 4.74 Å². The monoisotopic (exact) mass is 398 g/mol. The number of hydrogen-bond donors (Lipinski definition) is 1. The van der Waals surface area contributed by atoms with Crippen LogP contribution >= 0.6 is 0 Å². The Balaban J connectivity index is 1.28. The summed E-state index contributed by atoms with van der Waals surface area (Å²) in [5.41, 5.74) is 2.68. The van der Waals surface area contributed by atoms with Gasteiger partial charge in [-0.05, 0) is 62.8 Å². The lowest BCUT2D eigenvalue weighted by molar-refractivity contribution is 0.184. The first-order valence-corrected chi connectivity index (χ1v) is 10.9. The van der Waals surface area contributed by atoms with Gasteiger partial charge in [-0.3, -0.25) is 4.90 Å². The first-order chi connectivity index (χ1) is 14.0. The second-order valence-corrected chi connectivity index (χ2v) is 8.81. The minimum atomic E-state index is 0.0359. The number of aromatic nitrogens is 1. The molecule has 1 saturated carbocycles. The number of methoxy groups -OCH3 is 1. The van der Waals surface area contributed by atoms with E-state index in [1.807, 2.05) is 6.07 Å². The lowest BCUT2D eigenvalue weighted by Gasteiger charge is -2.33. The van der Waals surface area contributed by atoms with Crippen LogP contribution in [0.2, 0.25) is 0 Å². The van der Waals surface area contributed by atoms with Crippen molar-refractivity contribution in [1.29, 1.82) is 0 Å². The summed E-state index contributed by atoms with van der Waals surface area (Å²) >= 11 is 0. The third-order valence-corrected chi connectivity index (χ3v) is 6.67. The normalized spacial score (nSPS) is 22.3. The SMILES string of the molecule is COc1cccc2c1cc1n2CCN(CC[C@H]2CC[C@H](NC(=O)N(C)C)CC2)C1. The number of carbonyl (C=O) groups is 1. The van der Waals surface area contributed by atoms with E-state index in [9.17, 15) is 4.79 Å². The molecule has 158 valence electrons. The van der Waals surface area contributed by atoms with Gasteiger partial charge in [0.1, 0.15) is 5.75 Å². The van der Waals surface area contributed by atoms with Gasteiger partial charge in [0.2, 0.25) is 0 Å². The molecule has 1 aromatic carbocycles. The van der Waals surface area contributed by atoms with Gasteiger partial charge >= 0.3 is 6.03 Å². The van der Waals surface area contributed by atoms with E-state index in [0.717, 1.165) is 50.7 Å². The van der Waals surface area contributed by atoms with Crippen LogP contribution in [0.4, 0.5) is 4.79 Å². The van der Waals surface area contributed by atoms with Gasteiger partial charge in [0.15, 0.2) is 0 Å². The molecule has 0 bridgehead atoms. The predicted octanol–water partition coefficient (Wildman–Crippen LogP) is 3.69. The molecule has 0 radical (unpaired) electrons. The molecular formula is C23H34N4O2. The van der Waals surface area contributed by atoms with Crippen LogP contribution in [0, 0.1) is 5.92 Å². The molecule has 6 nitrogen and oxygen atoms in total. The van der Waals surface area contributed by atoms with Crippen molar-refractivity contribution in [2.75, 3.05) is 34.3 Å². The Labute approximate surface area is 173 Å². The van der Waals surface area contributed by atoms with Crippen LogP contribution in [0.15, 0.2) is 24.3 Å². The molecule has 4 rings (SSSR count). The lowest BCUT2D eigenvalue weighted by Crippen LogP contribution is -2.43. The minimum Gasteiger partial charge on any atom is -0.496 e. The second kappa shape index (κ2) is 8.66. The molecule has 1 N–H and O–H groups in total. The summed E-state index contributed by atoms with van der Waals surface area (Å²) in [6.07, 6.45) is 5.93. The van der Waals surface area contributed by atoms with Crippen LogP contribution in [0.1, 0.15) is 37.8 Å². The molecule has 1 aromatic heterocycles. The highest BCUT2D eigenvalue weighted by atomic mass is 16.5. The zero-order chi connectivity index (χ0) is 20.4. The molecule has 0 saturated heterocycles. The van der Waals surface area contributed by atoms with Crippen molar-refractivity contribution >= 4 is 16.9 Å². The summed E-state index contributed by atoms with van der Waals surface area (Å²) < 4.78 is 8.00. The van der Waals surface area contributed by atoms with Gasteiger partial charge in [-0.2, -0.15) is 0 Å². The van der Waals surface area contributed by atoms with Gasteiger partial charge in [0.25, 0.3) is 0 Å². The number of rotatable bonds is 5.